The standard InChI is InChI=1S/C12H25N3O/c1-2-10(9-12(13)14)15-7-4-3-5-11(15)6-8-16/h10-11,16H,2-9H2,1H3,(H3,13,14). The van der Waals surface area contributed by atoms with E-state index < -0.39 is 0 Å². The number of amidine groups is 1. The molecule has 4 nitrogen and oxygen atoms in total. The normalized spacial score (nSPS) is 24.2. The maximum Gasteiger partial charge on any atom is 0.0921 e. The lowest BCUT2D eigenvalue weighted by molar-refractivity contribution is 0.0760. The number of nitrogens with one attached hydrogen (secondary N) is 1. The van der Waals surface area contributed by atoms with Crippen LogP contribution in [-0.2, 0) is 0 Å². The largest absolute Gasteiger partial charge is 0.396 e. The Balaban J connectivity index is 2.59. The summed E-state index contributed by atoms with van der Waals surface area (Å²) in [7, 11) is 0. The number of likely N-dealkylation sites (tertiary alicyclic amines) is 1. The van der Waals surface area contributed by atoms with Gasteiger partial charge in [0.2, 0.25) is 0 Å². The summed E-state index contributed by atoms with van der Waals surface area (Å²) in [5, 5.41) is 16.5. The highest BCUT2D eigenvalue weighted by atomic mass is 16.3. The Labute approximate surface area is 98.3 Å². The number of piperidine rings is 1. The molecular weight excluding hydrogens is 202 g/mol. The maximum absolute atomic E-state index is 9.08. The Morgan fingerprint density at radius 3 is 2.88 bits per heavy atom. The van der Waals surface area contributed by atoms with Gasteiger partial charge in [0.05, 0.1) is 5.84 Å². The van der Waals surface area contributed by atoms with Gasteiger partial charge in [-0.15, -0.1) is 0 Å². The Hall–Kier alpha value is -0.610. The van der Waals surface area contributed by atoms with Crippen molar-refractivity contribution in [2.24, 2.45) is 5.73 Å². The zero-order valence-corrected chi connectivity index (χ0v) is 10.3. The predicted molar refractivity (Wildman–Crippen MR) is 66.7 cm³/mol. The molecule has 1 heterocycles. The Bertz CT molecular complexity index is 218. The van der Waals surface area contributed by atoms with Gasteiger partial charge >= 0.3 is 0 Å². The molecule has 94 valence electrons. The van der Waals surface area contributed by atoms with Gasteiger partial charge in [0, 0.05) is 25.1 Å². The molecule has 16 heavy (non-hydrogen) atoms. The van der Waals surface area contributed by atoms with E-state index in [2.05, 4.69) is 11.8 Å². The van der Waals surface area contributed by atoms with E-state index >= 15 is 0 Å². The van der Waals surface area contributed by atoms with Gasteiger partial charge in [-0.25, -0.2) is 0 Å². The lowest BCUT2D eigenvalue weighted by atomic mass is 9.95. The molecular formula is C12H25N3O. The van der Waals surface area contributed by atoms with E-state index in [0.717, 1.165) is 19.4 Å². The van der Waals surface area contributed by atoms with Crippen LogP contribution < -0.4 is 5.73 Å². The minimum atomic E-state index is 0.262. The van der Waals surface area contributed by atoms with Crippen molar-refractivity contribution >= 4 is 5.84 Å². The second-order valence-electron chi connectivity index (χ2n) is 4.69. The van der Waals surface area contributed by atoms with Gasteiger partial charge in [-0.3, -0.25) is 10.3 Å². The third-order valence-corrected chi connectivity index (χ3v) is 3.53. The van der Waals surface area contributed by atoms with Crippen molar-refractivity contribution in [2.75, 3.05) is 13.2 Å². The van der Waals surface area contributed by atoms with E-state index in [0.29, 0.717) is 18.5 Å². The number of hydrogen-bond donors (Lipinski definition) is 3. The van der Waals surface area contributed by atoms with Gasteiger partial charge in [-0.05, 0) is 32.2 Å². The first-order valence-corrected chi connectivity index (χ1v) is 6.38. The molecule has 1 aliphatic rings. The van der Waals surface area contributed by atoms with E-state index in [9.17, 15) is 0 Å². The summed E-state index contributed by atoms with van der Waals surface area (Å²) < 4.78 is 0. The van der Waals surface area contributed by atoms with Crippen LogP contribution in [0, 0.1) is 5.41 Å². The second kappa shape index (κ2) is 6.86. The van der Waals surface area contributed by atoms with Crippen LogP contribution in [0.5, 0.6) is 0 Å². The summed E-state index contributed by atoms with van der Waals surface area (Å²) in [5.41, 5.74) is 5.50. The summed E-state index contributed by atoms with van der Waals surface area (Å²) in [6, 6.07) is 0.873. The molecule has 0 aromatic rings. The minimum absolute atomic E-state index is 0.262. The van der Waals surface area contributed by atoms with Gasteiger partial charge in [0.15, 0.2) is 0 Å². The first-order valence-electron chi connectivity index (χ1n) is 6.38. The first kappa shape index (κ1) is 13.5. The number of aliphatic hydroxyl groups is 1. The van der Waals surface area contributed by atoms with E-state index in [1.54, 1.807) is 0 Å². The van der Waals surface area contributed by atoms with Crippen LogP contribution in [0.1, 0.15) is 45.4 Å². The van der Waals surface area contributed by atoms with E-state index in [-0.39, 0.29) is 12.4 Å². The van der Waals surface area contributed by atoms with Crippen LogP contribution in [0.4, 0.5) is 0 Å². The lowest BCUT2D eigenvalue weighted by Crippen LogP contribution is -2.47. The van der Waals surface area contributed by atoms with Crippen molar-refractivity contribution in [3.05, 3.63) is 0 Å². The van der Waals surface area contributed by atoms with Gasteiger partial charge in [-0.1, -0.05) is 13.3 Å². The Morgan fingerprint density at radius 1 is 1.56 bits per heavy atom. The van der Waals surface area contributed by atoms with Crippen LogP contribution in [0.2, 0.25) is 0 Å². The van der Waals surface area contributed by atoms with Crippen molar-refractivity contribution in [1.82, 2.24) is 4.90 Å². The molecule has 1 aliphatic heterocycles. The van der Waals surface area contributed by atoms with Crippen LogP contribution in [-0.4, -0.2) is 41.1 Å². The second-order valence-corrected chi connectivity index (χ2v) is 4.69. The highest BCUT2D eigenvalue weighted by Gasteiger charge is 2.27. The number of hydrogen-bond acceptors (Lipinski definition) is 3. The molecule has 1 saturated heterocycles. The fourth-order valence-electron chi connectivity index (χ4n) is 2.71. The number of nitrogens with zero attached hydrogens (tertiary/aromatic N) is 1. The molecule has 1 rings (SSSR count). The molecule has 0 aliphatic carbocycles. The Morgan fingerprint density at radius 2 is 2.31 bits per heavy atom. The lowest BCUT2D eigenvalue weighted by Gasteiger charge is -2.41. The zero-order valence-electron chi connectivity index (χ0n) is 10.3. The SMILES string of the molecule is CCC(CC(=N)N)N1CCCCC1CCO. The third kappa shape index (κ3) is 3.76. The fourth-order valence-corrected chi connectivity index (χ4v) is 2.71. The van der Waals surface area contributed by atoms with Crippen LogP contribution in [0.25, 0.3) is 0 Å². The van der Waals surface area contributed by atoms with Crippen molar-refractivity contribution in [3.8, 4) is 0 Å². The summed E-state index contributed by atoms with van der Waals surface area (Å²) in [5.74, 6) is 0.278. The number of nitrogens with two attached hydrogens (primary N) is 1. The molecule has 0 aromatic heterocycles. The first-order chi connectivity index (χ1) is 7.69. The van der Waals surface area contributed by atoms with Gasteiger partial charge in [0.1, 0.15) is 0 Å². The summed E-state index contributed by atoms with van der Waals surface area (Å²) in [4.78, 5) is 2.46. The van der Waals surface area contributed by atoms with Crippen LogP contribution in [0.3, 0.4) is 0 Å². The molecule has 4 N–H and O–H groups in total. The molecule has 0 aromatic carbocycles. The smallest absolute Gasteiger partial charge is 0.0921 e. The molecule has 0 amide bonds. The van der Waals surface area contributed by atoms with E-state index in [4.69, 9.17) is 16.2 Å². The molecule has 0 spiro atoms. The average Bonchev–Trinajstić information content (AvgIpc) is 2.27. The highest BCUT2D eigenvalue weighted by molar-refractivity contribution is 5.77. The molecule has 4 heteroatoms. The van der Waals surface area contributed by atoms with Crippen molar-refractivity contribution in [3.63, 3.8) is 0 Å². The summed E-state index contributed by atoms with van der Waals surface area (Å²) >= 11 is 0. The molecule has 2 unspecified atom stereocenters. The molecule has 2 atom stereocenters. The third-order valence-electron chi connectivity index (χ3n) is 3.53. The molecule has 1 fully saturated rings. The van der Waals surface area contributed by atoms with Crippen molar-refractivity contribution in [1.29, 1.82) is 5.41 Å². The van der Waals surface area contributed by atoms with E-state index in [1.807, 2.05) is 0 Å². The molecule has 0 radical (unpaired) electrons. The quantitative estimate of drug-likeness (QED) is 0.473. The predicted octanol–water partition coefficient (Wildman–Crippen LogP) is 1.33. The summed E-state index contributed by atoms with van der Waals surface area (Å²) in [6.45, 7) is 3.51. The van der Waals surface area contributed by atoms with Crippen molar-refractivity contribution in [2.45, 2.75) is 57.5 Å². The highest BCUT2D eigenvalue weighted by Crippen LogP contribution is 2.24. The van der Waals surface area contributed by atoms with Crippen molar-refractivity contribution < 1.29 is 5.11 Å². The zero-order chi connectivity index (χ0) is 12.0. The molecule has 0 bridgehead atoms. The van der Waals surface area contributed by atoms with Gasteiger partial charge in [-0.2, -0.15) is 0 Å². The van der Waals surface area contributed by atoms with Crippen LogP contribution in [0.15, 0.2) is 0 Å². The average molecular weight is 227 g/mol. The topological polar surface area (TPSA) is 73.3 Å². The van der Waals surface area contributed by atoms with Gasteiger partial charge in [0.25, 0.3) is 0 Å². The summed E-state index contributed by atoms with van der Waals surface area (Å²) in [6.07, 6.45) is 6.22. The number of aliphatic hydroxyl groups excluding tert-OH is 1. The van der Waals surface area contributed by atoms with Gasteiger partial charge < -0.3 is 10.8 Å². The van der Waals surface area contributed by atoms with E-state index in [1.165, 1.54) is 19.3 Å². The molecule has 0 saturated carbocycles. The Kier molecular flexibility index (Phi) is 5.77. The number of rotatable bonds is 6. The monoisotopic (exact) mass is 227 g/mol. The van der Waals surface area contributed by atoms with Crippen LogP contribution >= 0.6 is 0 Å². The minimum Gasteiger partial charge on any atom is -0.396 e. The maximum atomic E-state index is 9.08. The fraction of sp³-hybridized carbons (Fsp3) is 0.917.